The maximum Gasteiger partial charge on any atom is 0.338 e. The van der Waals surface area contributed by atoms with E-state index in [1.807, 2.05) is 49.4 Å². The second kappa shape index (κ2) is 8.70. The number of allylic oxidation sites excluding steroid dienone is 2. The van der Waals surface area contributed by atoms with E-state index in [1.165, 1.54) is 0 Å². The Balaban J connectivity index is 1.59. The van der Waals surface area contributed by atoms with Crippen LogP contribution in [0.25, 0.3) is 0 Å². The lowest BCUT2D eigenvalue weighted by Gasteiger charge is -2.58. The first-order valence-corrected chi connectivity index (χ1v) is 11.4. The molecule has 2 saturated carbocycles. The fourth-order valence-corrected chi connectivity index (χ4v) is 6.01. The van der Waals surface area contributed by atoms with Gasteiger partial charge in [0.15, 0.2) is 0 Å². The summed E-state index contributed by atoms with van der Waals surface area (Å²) in [6.07, 6.45) is 7.73. The van der Waals surface area contributed by atoms with Crippen LogP contribution in [-0.4, -0.2) is 29.8 Å². The molecule has 0 saturated heterocycles. The van der Waals surface area contributed by atoms with Crippen molar-refractivity contribution < 1.29 is 24.2 Å². The van der Waals surface area contributed by atoms with Crippen molar-refractivity contribution in [3.05, 3.63) is 71.8 Å². The van der Waals surface area contributed by atoms with Gasteiger partial charge in [0.2, 0.25) is 0 Å². The molecule has 170 valence electrons. The number of hydrogen-bond acceptors (Lipinski definition) is 5. The van der Waals surface area contributed by atoms with Gasteiger partial charge in [0.1, 0.15) is 13.2 Å². The highest BCUT2D eigenvalue weighted by Crippen LogP contribution is 2.61. The number of benzene rings is 1. The van der Waals surface area contributed by atoms with Crippen LogP contribution in [0, 0.1) is 22.7 Å². The molecule has 32 heavy (non-hydrogen) atoms. The van der Waals surface area contributed by atoms with Crippen LogP contribution < -0.4 is 0 Å². The number of aliphatic hydroxyl groups is 1. The molecule has 0 bridgehead atoms. The summed E-state index contributed by atoms with van der Waals surface area (Å²) >= 11 is 0. The summed E-state index contributed by atoms with van der Waals surface area (Å²) in [5.74, 6) is -0.712. The minimum Gasteiger partial charge on any atom is -0.460 e. The molecule has 4 rings (SSSR count). The van der Waals surface area contributed by atoms with Crippen LogP contribution in [0.2, 0.25) is 0 Å². The Morgan fingerprint density at radius 3 is 2.72 bits per heavy atom. The number of carbonyl (C=O) groups is 2. The van der Waals surface area contributed by atoms with Gasteiger partial charge in [-0.25, -0.2) is 4.79 Å². The van der Waals surface area contributed by atoms with Crippen molar-refractivity contribution in [3.8, 4) is 0 Å². The zero-order valence-corrected chi connectivity index (χ0v) is 18.9. The second-order valence-electron chi connectivity index (χ2n) is 9.75. The molecule has 1 aromatic rings. The number of aliphatic hydroxyl groups excluding tert-OH is 1. The van der Waals surface area contributed by atoms with E-state index in [1.54, 1.807) is 6.08 Å². The molecule has 3 aliphatic rings. The largest absolute Gasteiger partial charge is 0.460 e. The molecule has 1 aromatic carbocycles. The lowest BCUT2D eigenvalue weighted by Crippen LogP contribution is -2.59. The Hall–Kier alpha value is -2.66. The van der Waals surface area contributed by atoms with Gasteiger partial charge in [0, 0.05) is 5.92 Å². The molecular formula is C27H32O5. The number of hydrogen-bond donors (Lipinski definition) is 1. The van der Waals surface area contributed by atoms with Crippen LogP contribution in [-0.2, 0) is 25.7 Å². The van der Waals surface area contributed by atoms with Gasteiger partial charge in [-0.05, 0) is 55.6 Å². The predicted octanol–water partition coefficient (Wildman–Crippen LogP) is 4.52. The summed E-state index contributed by atoms with van der Waals surface area (Å²) in [5, 5.41) is 11.0. The standard InChI is InChI=1S/C27H32O5/c1-18-9-12-22-26(2,21(18)11-10-20-14-16-31-24(20)29)15-13-23(28)27(22,3)25(30)32-17-19-7-5-4-6-8-19/h4-8,10-11,14,21-23,28H,1,9,12-13,15-17H2,2-3H3/b11-10+/t21-,22+,23-,26+,27+/m1/s1. The normalized spacial score (nSPS) is 34.7. The van der Waals surface area contributed by atoms with Crippen LogP contribution in [0.3, 0.4) is 0 Å². The van der Waals surface area contributed by atoms with E-state index in [9.17, 15) is 14.7 Å². The number of fused-ring (bicyclic) bond motifs is 1. The molecule has 0 radical (unpaired) electrons. The van der Waals surface area contributed by atoms with Gasteiger partial charge in [-0.1, -0.05) is 61.6 Å². The van der Waals surface area contributed by atoms with Crippen LogP contribution in [0.4, 0.5) is 0 Å². The van der Waals surface area contributed by atoms with E-state index in [4.69, 9.17) is 9.47 Å². The maximum absolute atomic E-state index is 13.4. The predicted molar refractivity (Wildman–Crippen MR) is 121 cm³/mol. The number of cyclic esters (lactones) is 1. The molecule has 0 amide bonds. The van der Waals surface area contributed by atoms with E-state index in [0.717, 1.165) is 30.4 Å². The molecule has 0 spiro atoms. The first-order valence-electron chi connectivity index (χ1n) is 11.4. The molecule has 1 heterocycles. The Morgan fingerprint density at radius 2 is 2.03 bits per heavy atom. The average Bonchev–Trinajstić information content (AvgIpc) is 3.19. The third-order valence-corrected chi connectivity index (χ3v) is 7.95. The molecule has 5 nitrogen and oxygen atoms in total. The van der Waals surface area contributed by atoms with Gasteiger partial charge in [-0.2, -0.15) is 0 Å². The number of carbonyl (C=O) groups excluding carboxylic acids is 2. The Bertz CT molecular complexity index is 962. The SMILES string of the molecule is C=C1CC[C@H]2[C@@](C)(CC[C@@H](O)[C@@]2(C)C(=O)OCc2ccccc2)[C@@H]1/C=C/C1=CCOC1=O. The highest BCUT2D eigenvalue weighted by Gasteiger charge is 2.61. The quantitative estimate of drug-likeness (QED) is 0.543. The Labute approximate surface area is 189 Å². The number of ether oxygens (including phenoxy) is 2. The molecule has 2 fully saturated rings. The summed E-state index contributed by atoms with van der Waals surface area (Å²) in [4.78, 5) is 25.3. The third kappa shape index (κ3) is 3.83. The lowest BCUT2D eigenvalue weighted by atomic mass is 9.46. The van der Waals surface area contributed by atoms with E-state index in [-0.39, 0.29) is 35.8 Å². The highest BCUT2D eigenvalue weighted by molar-refractivity contribution is 5.93. The molecule has 5 atom stereocenters. The number of rotatable bonds is 5. The maximum atomic E-state index is 13.4. The van der Waals surface area contributed by atoms with Crippen molar-refractivity contribution in [1.29, 1.82) is 0 Å². The Kier molecular flexibility index (Phi) is 6.13. The van der Waals surface area contributed by atoms with Crippen molar-refractivity contribution in [3.63, 3.8) is 0 Å². The molecule has 2 aliphatic carbocycles. The van der Waals surface area contributed by atoms with Crippen LogP contribution in [0.1, 0.15) is 45.1 Å². The third-order valence-electron chi connectivity index (χ3n) is 7.95. The van der Waals surface area contributed by atoms with Gasteiger partial charge in [-0.15, -0.1) is 0 Å². The molecule has 0 unspecified atom stereocenters. The number of esters is 2. The van der Waals surface area contributed by atoms with Gasteiger partial charge >= 0.3 is 11.9 Å². The smallest absolute Gasteiger partial charge is 0.338 e. The van der Waals surface area contributed by atoms with Crippen molar-refractivity contribution in [2.24, 2.45) is 22.7 Å². The van der Waals surface area contributed by atoms with Gasteiger partial charge in [-0.3, -0.25) is 4.79 Å². The Morgan fingerprint density at radius 1 is 1.28 bits per heavy atom. The fraction of sp³-hybridized carbons (Fsp3) is 0.481. The van der Waals surface area contributed by atoms with Gasteiger partial charge < -0.3 is 14.6 Å². The average molecular weight is 437 g/mol. The molecule has 1 aliphatic heterocycles. The van der Waals surface area contributed by atoms with E-state index >= 15 is 0 Å². The van der Waals surface area contributed by atoms with Crippen molar-refractivity contribution >= 4 is 11.9 Å². The van der Waals surface area contributed by atoms with Crippen molar-refractivity contribution in [2.75, 3.05) is 6.61 Å². The monoisotopic (exact) mass is 436 g/mol. The lowest BCUT2D eigenvalue weighted by molar-refractivity contribution is -0.188. The van der Waals surface area contributed by atoms with E-state index in [0.29, 0.717) is 18.6 Å². The summed E-state index contributed by atoms with van der Waals surface area (Å²) in [6, 6.07) is 9.59. The summed E-state index contributed by atoms with van der Waals surface area (Å²) in [5.41, 5.74) is 1.31. The van der Waals surface area contributed by atoms with Crippen LogP contribution in [0.5, 0.6) is 0 Å². The zero-order chi connectivity index (χ0) is 22.9. The van der Waals surface area contributed by atoms with Gasteiger partial charge in [0.25, 0.3) is 0 Å². The minimum atomic E-state index is -1.000. The summed E-state index contributed by atoms with van der Waals surface area (Å²) in [7, 11) is 0. The second-order valence-corrected chi connectivity index (χ2v) is 9.75. The van der Waals surface area contributed by atoms with Crippen molar-refractivity contribution in [2.45, 2.75) is 52.2 Å². The zero-order valence-electron chi connectivity index (χ0n) is 18.9. The molecule has 0 aromatic heterocycles. The summed E-state index contributed by atoms with van der Waals surface area (Å²) in [6.45, 7) is 8.86. The first-order chi connectivity index (χ1) is 15.3. The topological polar surface area (TPSA) is 72.8 Å². The molecule has 5 heteroatoms. The minimum absolute atomic E-state index is 0.00398. The fourth-order valence-electron chi connectivity index (χ4n) is 6.01. The van der Waals surface area contributed by atoms with E-state index < -0.39 is 11.5 Å². The van der Waals surface area contributed by atoms with Crippen molar-refractivity contribution in [1.82, 2.24) is 0 Å². The summed E-state index contributed by atoms with van der Waals surface area (Å²) < 4.78 is 10.7. The highest BCUT2D eigenvalue weighted by atomic mass is 16.5. The van der Waals surface area contributed by atoms with Crippen LogP contribution in [0.15, 0.2) is 66.3 Å². The molecular weight excluding hydrogens is 404 g/mol. The first kappa shape index (κ1) is 22.5. The van der Waals surface area contributed by atoms with E-state index in [2.05, 4.69) is 13.5 Å². The molecule has 1 N–H and O–H groups in total. The van der Waals surface area contributed by atoms with Gasteiger partial charge in [0.05, 0.1) is 17.1 Å². The van der Waals surface area contributed by atoms with Crippen LogP contribution >= 0.6 is 0 Å².